The highest BCUT2D eigenvalue weighted by Crippen LogP contribution is 2.40. The molecule has 1 aromatic carbocycles. The molecule has 5 heteroatoms. The Balaban J connectivity index is 1.79. The van der Waals surface area contributed by atoms with E-state index in [2.05, 4.69) is 15.3 Å². The van der Waals surface area contributed by atoms with Gasteiger partial charge >= 0.3 is 6.09 Å². The second-order valence-electron chi connectivity index (χ2n) is 7.07. The van der Waals surface area contributed by atoms with E-state index in [1.54, 1.807) is 0 Å². The van der Waals surface area contributed by atoms with E-state index in [1.165, 1.54) is 0 Å². The predicted molar refractivity (Wildman–Crippen MR) is 88.9 cm³/mol. The average Bonchev–Trinajstić information content (AvgIpc) is 2.92. The lowest BCUT2D eigenvalue weighted by molar-refractivity contribution is 0.0366. The van der Waals surface area contributed by atoms with Gasteiger partial charge in [0.05, 0.1) is 11.9 Å². The van der Waals surface area contributed by atoms with E-state index in [0.29, 0.717) is 0 Å². The molecule has 0 bridgehead atoms. The zero-order chi connectivity index (χ0) is 16.5. The first-order valence-corrected chi connectivity index (χ1v) is 8.00. The van der Waals surface area contributed by atoms with Gasteiger partial charge < -0.3 is 15.0 Å². The van der Waals surface area contributed by atoms with Crippen LogP contribution in [0.3, 0.4) is 0 Å². The van der Waals surface area contributed by atoms with Crippen molar-refractivity contribution in [3.63, 3.8) is 0 Å². The van der Waals surface area contributed by atoms with Gasteiger partial charge in [0.25, 0.3) is 0 Å². The molecule has 1 aliphatic carbocycles. The molecule has 3 rings (SSSR count). The Morgan fingerprint density at radius 2 is 1.96 bits per heavy atom. The largest absolute Gasteiger partial charge is 0.444 e. The quantitative estimate of drug-likeness (QED) is 0.900. The first-order chi connectivity index (χ1) is 10.9. The molecule has 23 heavy (non-hydrogen) atoms. The van der Waals surface area contributed by atoms with Crippen molar-refractivity contribution in [2.75, 3.05) is 0 Å². The van der Waals surface area contributed by atoms with Crippen molar-refractivity contribution in [3.8, 4) is 11.3 Å². The predicted octanol–water partition coefficient (Wildman–Crippen LogP) is 3.98. The maximum Gasteiger partial charge on any atom is 0.408 e. The smallest absolute Gasteiger partial charge is 0.408 e. The zero-order valence-corrected chi connectivity index (χ0v) is 13.8. The minimum absolute atomic E-state index is 0.394. The molecule has 1 heterocycles. The van der Waals surface area contributed by atoms with Crippen molar-refractivity contribution >= 4 is 6.09 Å². The van der Waals surface area contributed by atoms with E-state index in [4.69, 9.17) is 4.74 Å². The number of carbonyl (C=O) groups is 1. The molecule has 0 saturated heterocycles. The number of benzene rings is 1. The minimum Gasteiger partial charge on any atom is -0.444 e. The Morgan fingerprint density at radius 1 is 1.26 bits per heavy atom. The number of hydrogen-bond acceptors (Lipinski definition) is 3. The standard InChI is InChI=1S/C18H23N3O2/c1-17(2,3)23-16(22)21-18(10-7-11-18)15-19-12-14(20-15)13-8-5-4-6-9-13/h4-6,8-9,12H,7,10-11H2,1-3H3,(H,19,20)(H,21,22). The Kier molecular flexibility index (Phi) is 3.88. The van der Waals surface area contributed by atoms with Gasteiger partial charge in [-0.1, -0.05) is 30.3 Å². The molecule has 1 aromatic heterocycles. The van der Waals surface area contributed by atoms with Crippen LogP contribution in [-0.2, 0) is 10.3 Å². The number of ether oxygens (including phenoxy) is 1. The van der Waals surface area contributed by atoms with Crippen LogP contribution in [0, 0.1) is 0 Å². The molecule has 122 valence electrons. The van der Waals surface area contributed by atoms with Crippen LogP contribution in [0.1, 0.15) is 45.9 Å². The van der Waals surface area contributed by atoms with E-state index < -0.39 is 17.2 Å². The Bertz CT molecular complexity index is 682. The van der Waals surface area contributed by atoms with Crippen LogP contribution in [0.25, 0.3) is 11.3 Å². The third-order valence-electron chi connectivity index (χ3n) is 4.06. The molecule has 0 spiro atoms. The van der Waals surface area contributed by atoms with Gasteiger partial charge in [0, 0.05) is 0 Å². The SMILES string of the molecule is CC(C)(C)OC(=O)NC1(c2ncc(-c3ccccc3)[nH]2)CCC1. The second kappa shape index (κ2) is 5.72. The van der Waals surface area contributed by atoms with E-state index in [-0.39, 0.29) is 0 Å². The normalized spacial score (nSPS) is 16.5. The molecular formula is C18H23N3O2. The van der Waals surface area contributed by atoms with Crippen LogP contribution < -0.4 is 5.32 Å². The van der Waals surface area contributed by atoms with E-state index in [1.807, 2.05) is 57.3 Å². The highest BCUT2D eigenvalue weighted by molar-refractivity contribution is 5.69. The van der Waals surface area contributed by atoms with Gasteiger partial charge in [-0.15, -0.1) is 0 Å². The third-order valence-corrected chi connectivity index (χ3v) is 4.06. The summed E-state index contributed by atoms with van der Waals surface area (Å²) in [5.41, 5.74) is 1.10. The molecule has 2 N–H and O–H groups in total. The van der Waals surface area contributed by atoms with Crippen molar-refractivity contribution in [2.24, 2.45) is 0 Å². The second-order valence-corrected chi connectivity index (χ2v) is 7.07. The number of nitrogens with zero attached hydrogens (tertiary/aromatic N) is 1. The molecule has 0 unspecified atom stereocenters. The van der Waals surface area contributed by atoms with Crippen molar-refractivity contribution in [2.45, 2.75) is 51.2 Å². The van der Waals surface area contributed by atoms with Gasteiger partial charge in [0.1, 0.15) is 17.0 Å². The highest BCUT2D eigenvalue weighted by Gasteiger charge is 2.43. The Hall–Kier alpha value is -2.30. The summed E-state index contributed by atoms with van der Waals surface area (Å²) in [6, 6.07) is 10.0. The van der Waals surface area contributed by atoms with E-state index >= 15 is 0 Å². The van der Waals surface area contributed by atoms with Crippen LogP contribution in [0.5, 0.6) is 0 Å². The summed E-state index contributed by atoms with van der Waals surface area (Å²) in [6.45, 7) is 5.58. The molecular weight excluding hydrogens is 290 g/mol. The molecule has 2 aromatic rings. The lowest BCUT2D eigenvalue weighted by Gasteiger charge is -2.40. The lowest BCUT2D eigenvalue weighted by Crippen LogP contribution is -2.52. The summed E-state index contributed by atoms with van der Waals surface area (Å²) < 4.78 is 5.39. The minimum atomic E-state index is -0.507. The Morgan fingerprint density at radius 3 is 2.52 bits per heavy atom. The van der Waals surface area contributed by atoms with Gasteiger partial charge in [-0.05, 0) is 45.6 Å². The van der Waals surface area contributed by atoms with Crippen LogP contribution in [0.15, 0.2) is 36.5 Å². The van der Waals surface area contributed by atoms with E-state index in [0.717, 1.165) is 36.3 Å². The average molecular weight is 313 g/mol. The van der Waals surface area contributed by atoms with Crippen molar-refractivity contribution in [1.29, 1.82) is 0 Å². The first-order valence-electron chi connectivity index (χ1n) is 8.00. The monoisotopic (exact) mass is 313 g/mol. The number of rotatable bonds is 3. The number of aromatic nitrogens is 2. The molecule has 5 nitrogen and oxygen atoms in total. The molecule has 0 aliphatic heterocycles. The van der Waals surface area contributed by atoms with Crippen LogP contribution in [0.4, 0.5) is 4.79 Å². The maximum atomic E-state index is 12.1. The van der Waals surface area contributed by atoms with Gasteiger partial charge in [-0.25, -0.2) is 9.78 Å². The van der Waals surface area contributed by atoms with Gasteiger partial charge in [-0.2, -0.15) is 0 Å². The molecule has 1 amide bonds. The van der Waals surface area contributed by atoms with Crippen LogP contribution in [-0.4, -0.2) is 21.7 Å². The molecule has 1 fully saturated rings. The highest BCUT2D eigenvalue weighted by atomic mass is 16.6. The maximum absolute atomic E-state index is 12.1. The number of alkyl carbamates (subject to hydrolysis) is 1. The first kappa shape index (κ1) is 15.6. The summed E-state index contributed by atoms with van der Waals surface area (Å²) >= 11 is 0. The van der Waals surface area contributed by atoms with Crippen molar-refractivity contribution in [1.82, 2.24) is 15.3 Å². The fourth-order valence-electron chi connectivity index (χ4n) is 2.78. The summed E-state index contributed by atoms with van der Waals surface area (Å²) in [6.07, 6.45) is 4.23. The fourth-order valence-corrected chi connectivity index (χ4v) is 2.78. The summed E-state index contributed by atoms with van der Waals surface area (Å²) in [5, 5.41) is 3.01. The van der Waals surface area contributed by atoms with Crippen molar-refractivity contribution < 1.29 is 9.53 Å². The number of carbonyl (C=O) groups excluding carboxylic acids is 1. The number of nitrogens with one attached hydrogen (secondary N) is 2. The molecule has 0 atom stereocenters. The number of imidazole rings is 1. The van der Waals surface area contributed by atoms with E-state index in [9.17, 15) is 4.79 Å². The summed E-state index contributed by atoms with van der Waals surface area (Å²) in [4.78, 5) is 20.0. The summed E-state index contributed by atoms with van der Waals surface area (Å²) in [7, 11) is 0. The fraction of sp³-hybridized carbons (Fsp3) is 0.444. The topological polar surface area (TPSA) is 67.0 Å². The number of hydrogen-bond donors (Lipinski definition) is 2. The Labute approximate surface area is 136 Å². The zero-order valence-electron chi connectivity index (χ0n) is 13.8. The van der Waals surface area contributed by atoms with Gasteiger partial charge in [0.15, 0.2) is 0 Å². The molecule has 1 aliphatic rings. The lowest BCUT2D eigenvalue weighted by atomic mass is 9.76. The molecule has 0 radical (unpaired) electrons. The number of aromatic amines is 1. The van der Waals surface area contributed by atoms with Crippen LogP contribution in [0.2, 0.25) is 0 Å². The van der Waals surface area contributed by atoms with Crippen molar-refractivity contribution in [3.05, 3.63) is 42.4 Å². The third kappa shape index (κ3) is 3.38. The number of H-pyrrole nitrogens is 1. The van der Waals surface area contributed by atoms with Gasteiger partial charge in [-0.3, -0.25) is 0 Å². The van der Waals surface area contributed by atoms with Crippen LogP contribution >= 0.6 is 0 Å². The molecule has 1 saturated carbocycles. The number of amides is 1. The summed E-state index contributed by atoms with van der Waals surface area (Å²) in [5.74, 6) is 0.800. The van der Waals surface area contributed by atoms with Gasteiger partial charge in [0.2, 0.25) is 0 Å².